The molecule has 1 aliphatic heterocycles. The number of ether oxygens (including phenoxy) is 3. The number of allylic oxidation sites excluding steroid dienone is 1. The first kappa shape index (κ1) is 24.0. The molecule has 2 aromatic carbocycles. The molecule has 1 atom stereocenters. The van der Waals surface area contributed by atoms with E-state index in [1.54, 1.807) is 38.7 Å². The van der Waals surface area contributed by atoms with E-state index in [2.05, 4.69) is 20.9 Å². The average Bonchev–Trinajstić information content (AvgIpc) is 3.12. The van der Waals surface area contributed by atoms with E-state index in [4.69, 9.17) is 14.2 Å². The van der Waals surface area contributed by atoms with Crippen LogP contribution in [0.15, 0.2) is 68.0 Å². The normalized spacial score (nSPS) is 15.6. The van der Waals surface area contributed by atoms with E-state index < -0.39 is 12.0 Å². The molecule has 0 amide bonds. The van der Waals surface area contributed by atoms with Crippen molar-refractivity contribution < 1.29 is 19.0 Å². The van der Waals surface area contributed by atoms with Gasteiger partial charge in [0.25, 0.3) is 5.56 Å². The Labute approximate surface area is 208 Å². The van der Waals surface area contributed by atoms with Crippen LogP contribution >= 0.6 is 27.3 Å². The summed E-state index contributed by atoms with van der Waals surface area (Å²) in [6.45, 7) is 3.72. The predicted octanol–water partition coefficient (Wildman–Crippen LogP) is 3.58. The van der Waals surface area contributed by atoms with E-state index in [9.17, 15) is 9.59 Å². The summed E-state index contributed by atoms with van der Waals surface area (Å²) in [5.74, 6) is 0.762. The number of hydrogen-bond donors (Lipinski definition) is 0. The van der Waals surface area contributed by atoms with Crippen molar-refractivity contribution in [1.29, 1.82) is 0 Å². The van der Waals surface area contributed by atoms with Crippen molar-refractivity contribution in [2.75, 3.05) is 20.8 Å². The van der Waals surface area contributed by atoms with Gasteiger partial charge in [-0.1, -0.05) is 39.4 Å². The average molecular weight is 543 g/mol. The molecule has 0 unspecified atom stereocenters. The van der Waals surface area contributed by atoms with E-state index in [1.165, 1.54) is 11.3 Å². The van der Waals surface area contributed by atoms with Crippen LogP contribution in [-0.4, -0.2) is 31.4 Å². The first-order valence-electron chi connectivity index (χ1n) is 10.5. The smallest absolute Gasteiger partial charge is 0.338 e. The van der Waals surface area contributed by atoms with Crippen molar-refractivity contribution in [2.24, 2.45) is 4.99 Å². The lowest BCUT2D eigenvalue weighted by molar-refractivity contribution is -0.139. The zero-order valence-corrected chi connectivity index (χ0v) is 21.5. The van der Waals surface area contributed by atoms with Crippen LogP contribution in [0, 0.1) is 0 Å². The van der Waals surface area contributed by atoms with Gasteiger partial charge in [0.1, 0.15) is 11.5 Å². The fourth-order valence-corrected chi connectivity index (χ4v) is 5.29. The predicted molar refractivity (Wildman–Crippen MR) is 134 cm³/mol. The lowest BCUT2D eigenvalue weighted by Gasteiger charge is -2.25. The van der Waals surface area contributed by atoms with Gasteiger partial charge in [0.2, 0.25) is 0 Å². The third-order valence-electron chi connectivity index (χ3n) is 5.40. The van der Waals surface area contributed by atoms with E-state index in [-0.39, 0.29) is 12.2 Å². The lowest BCUT2D eigenvalue weighted by Crippen LogP contribution is -2.39. The van der Waals surface area contributed by atoms with E-state index in [0.29, 0.717) is 32.1 Å². The van der Waals surface area contributed by atoms with Gasteiger partial charge in [-0.25, -0.2) is 9.79 Å². The van der Waals surface area contributed by atoms with Gasteiger partial charge in [-0.05, 0) is 55.8 Å². The molecule has 1 aliphatic rings. The molecule has 7 nitrogen and oxygen atoms in total. The third-order valence-corrected chi connectivity index (χ3v) is 6.88. The maximum absolute atomic E-state index is 13.7. The molecule has 0 saturated carbocycles. The summed E-state index contributed by atoms with van der Waals surface area (Å²) < 4.78 is 19.1. The Bertz CT molecular complexity index is 1470. The van der Waals surface area contributed by atoms with Crippen molar-refractivity contribution in [2.45, 2.75) is 19.9 Å². The second-order valence-electron chi connectivity index (χ2n) is 7.47. The molecule has 0 aliphatic carbocycles. The van der Waals surface area contributed by atoms with Crippen LogP contribution in [-0.2, 0) is 9.53 Å². The highest BCUT2D eigenvalue weighted by Crippen LogP contribution is 2.32. The number of rotatable bonds is 6. The van der Waals surface area contributed by atoms with Crippen LogP contribution in [0.25, 0.3) is 6.08 Å². The lowest BCUT2D eigenvalue weighted by atomic mass is 9.95. The molecule has 176 valence electrons. The minimum absolute atomic E-state index is 0.216. The number of carbonyl (C=O) groups excluding carboxylic acids is 1. The SMILES string of the molecule is CCOC(=O)C1=C(C)N=c2s/c(=C/c3cc(Br)ccc3OC)c(=O)n2[C@H]1c1cccc(OC)c1. The number of carbonyl (C=O) groups is 1. The molecule has 0 bridgehead atoms. The van der Waals surface area contributed by atoms with Gasteiger partial charge in [0.05, 0.1) is 42.7 Å². The Kier molecular flexibility index (Phi) is 7.04. The van der Waals surface area contributed by atoms with Gasteiger partial charge in [-0.2, -0.15) is 0 Å². The van der Waals surface area contributed by atoms with Crippen molar-refractivity contribution in [1.82, 2.24) is 4.57 Å². The Balaban J connectivity index is 1.98. The maximum Gasteiger partial charge on any atom is 0.338 e. The van der Waals surface area contributed by atoms with Gasteiger partial charge >= 0.3 is 5.97 Å². The molecule has 0 saturated heterocycles. The van der Waals surface area contributed by atoms with Crippen molar-refractivity contribution in [3.63, 3.8) is 0 Å². The molecular weight excluding hydrogens is 520 g/mol. The summed E-state index contributed by atoms with van der Waals surface area (Å²) in [5.41, 5.74) is 2.06. The monoisotopic (exact) mass is 542 g/mol. The molecule has 3 aromatic rings. The number of methoxy groups -OCH3 is 2. The number of benzene rings is 2. The standard InChI is InChI=1S/C25H23BrN2O5S/c1-5-33-24(30)21-14(2)27-25-28(22(21)15-7-6-8-18(12-15)31-3)23(29)20(34-25)13-16-11-17(26)9-10-19(16)32-4/h6-13,22H,5H2,1-4H3/b20-13+/t22-/m0/s1. The Morgan fingerprint density at radius 1 is 1.21 bits per heavy atom. The topological polar surface area (TPSA) is 79.1 Å². The van der Waals surface area contributed by atoms with Gasteiger partial charge in [0.15, 0.2) is 4.80 Å². The maximum atomic E-state index is 13.7. The molecule has 0 spiro atoms. The minimum atomic E-state index is -0.697. The number of thiazole rings is 1. The van der Waals surface area contributed by atoms with Crippen LogP contribution in [0.2, 0.25) is 0 Å². The number of esters is 1. The number of aromatic nitrogens is 1. The van der Waals surface area contributed by atoms with Gasteiger partial charge in [-0.3, -0.25) is 9.36 Å². The van der Waals surface area contributed by atoms with Crippen LogP contribution in [0.1, 0.15) is 31.0 Å². The number of nitrogens with zero attached hydrogens (tertiary/aromatic N) is 2. The minimum Gasteiger partial charge on any atom is -0.497 e. The summed E-state index contributed by atoms with van der Waals surface area (Å²) >= 11 is 4.73. The highest BCUT2D eigenvalue weighted by molar-refractivity contribution is 9.10. The molecule has 0 radical (unpaired) electrons. The summed E-state index contributed by atoms with van der Waals surface area (Å²) in [6, 6.07) is 12.2. The Morgan fingerprint density at radius 3 is 2.71 bits per heavy atom. The Morgan fingerprint density at radius 2 is 2.00 bits per heavy atom. The third kappa shape index (κ3) is 4.45. The van der Waals surface area contributed by atoms with Crippen LogP contribution in [0.3, 0.4) is 0 Å². The molecule has 4 rings (SSSR count). The van der Waals surface area contributed by atoms with Crippen molar-refractivity contribution in [3.05, 3.63) is 89.0 Å². The first-order valence-corrected chi connectivity index (χ1v) is 12.2. The molecular formula is C25H23BrN2O5S. The van der Waals surface area contributed by atoms with Crippen molar-refractivity contribution >= 4 is 39.3 Å². The van der Waals surface area contributed by atoms with E-state index in [1.807, 2.05) is 42.5 Å². The highest BCUT2D eigenvalue weighted by Gasteiger charge is 2.33. The van der Waals surface area contributed by atoms with E-state index >= 15 is 0 Å². The second kappa shape index (κ2) is 9.99. The molecule has 1 aromatic heterocycles. The summed E-state index contributed by atoms with van der Waals surface area (Å²) in [4.78, 5) is 31.8. The fraction of sp³-hybridized carbons (Fsp3) is 0.240. The molecule has 9 heteroatoms. The molecule has 2 heterocycles. The number of hydrogen-bond acceptors (Lipinski definition) is 7. The molecule has 0 N–H and O–H groups in total. The first-order chi connectivity index (χ1) is 16.4. The summed E-state index contributed by atoms with van der Waals surface area (Å²) in [6.07, 6.45) is 1.78. The summed E-state index contributed by atoms with van der Waals surface area (Å²) in [7, 11) is 3.16. The summed E-state index contributed by atoms with van der Waals surface area (Å²) in [5, 5.41) is 0. The highest BCUT2D eigenvalue weighted by atomic mass is 79.9. The zero-order valence-electron chi connectivity index (χ0n) is 19.1. The molecule has 0 fully saturated rings. The van der Waals surface area contributed by atoms with Crippen LogP contribution < -0.4 is 24.4 Å². The zero-order chi connectivity index (χ0) is 24.4. The number of fused-ring (bicyclic) bond motifs is 1. The van der Waals surface area contributed by atoms with Gasteiger partial charge in [-0.15, -0.1) is 0 Å². The van der Waals surface area contributed by atoms with E-state index in [0.717, 1.165) is 15.6 Å². The molecule has 34 heavy (non-hydrogen) atoms. The Hall–Kier alpha value is -3.17. The van der Waals surface area contributed by atoms with Gasteiger partial charge < -0.3 is 14.2 Å². The number of halogens is 1. The largest absolute Gasteiger partial charge is 0.497 e. The second-order valence-corrected chi connectivity index (χ2v) is 9.39. The fourth-order valence-electron chi connectivity index (χ4n) is 3.88. The van der Waals surface area contributed by atoms with Gasteiger partial charge in [0, 0.05) is 10.0 Å². The van der Waals surface area contributed by atoms with Crippen LogP contribution in [0.5, 0.6) is 11.5 Å². The van der Waals surface area contributed by atoms with Crippen LogP contribution in [0.4, 0.5) is 0 Å². The van der Waals surface area contributed by atoms with Crippen molar-refractivity contribution in [3.8, 4) is 11.5 Å². The quantitative estimate of drug-likeness (QED) is 0.445.